The van der Waals surface area contributed by atoms with Crippen molar-refractivity contribution in [3.8, 4) is 0 Å². The van der Waals surface area contributed by atoms with E-state index in [2.05, 4.69) is 20.8 Å². The van der Waals surface area contributed by atoms with Crippen molar-refractivity contribution in [2.75, 3.05) is 13.2 Å². The van der Waals surface area contributed by atoms with Crippen LogP contribution in [0.5, 0.6) is 0 Å². The summed E-state index contributed by atoms with van der Waals surface area (Å²) in [6.45, 7) is 8.57. The molecule has 1 atom stereocenters. The minimum atomic E-state index is 0.0254. The maximum Gasteiger partial charge on any atom is 0.120 e. The molecular weight excluding hydrogens is 202 g/mol. The Labute approximate surface area is 99.0 Å². The number of allylic oxidation sites excluding steroid dienone is 3. The topological polar surface area (TPSA) is 55.5 Å². The number of rotatable bonds is 7. The highest BCUT2D eigenvalue weighted by molar-refractivity contribution is 5.30. The average molecular weight is 227 g/mol. The molecule has 0 amide bonds. The van der Waals surface area contributed by atoms with Crippen molar-refractivity contribution in [1.82, 2.24) is 0 Å². The zero-order chi connectivity index (χ0) is 12.6. The lowest BCUT2D eigenvalue weighted by Crippen LogP contribution is -2.14. The molecule has 94 valence electrons. The first-order valence-corrected chi connectivity index (χ1v) is 6.01. The van der Waals surface area contributed by atoms with Gasteiger partial charge in [-0.2, -0.15) is 0 Å². The molecule has 0 aliphatic rings. The molecule has 0 fully saturated rings. The Hall–Kier alpha value is -0.960. The first kappa shape index (κ1) is 15.0. The van der Waals surface area contributed by atoms with Crippen molar-refractivity contribution in [3.63, 3.8) is 0 Å². The summed E-state index contributed by atoms with van der Waals surface area (Å²) in [5.74, 6) is 1.16. The van der Waals surface area contributed by atoms with Crippen LogP contribution in [0.15, 0.2) is 23.1 Å². The van der Waals surface area contributed by atoms with E-state index in [-0.39, 0.29) is 6.61 Å². The van der Waals surface area contributed by atoms with E-state index < -0.39 is 0 Å². The molecule has 0 radical (unpaired) electrons. The highest BCUT2D eigenvalue weighted by atomic mass is 16.5. The zero-order valence-electron chi connectivity index (χ0n) is 10.9. The van der Waals surface area contributed by atoms with Crippen LogP contribution in [-0.2, 0) is 4.74 Å². The van der Waals surface area contributed by atoms with Gasteiger partial charge in [-0.3, -0.25) is 0 Å². The minimum Gasteiger partial charge on any atom is -0.491 e. The molecule has 0 aliphatic heterocycles. The fourth-order valence-electron chi connectivity index (χ4n) is 1.54. The number of hydrogen-bond acceptors (Lipinski definition) is 3. The molecule has 0 aromatic heterocycles. The maximum atomic E-state index is 8.76. The van der Waals surface area contributed by atoms with Gasteiger partial charge in [0, 0.05) is 11.3 Å². The first-order chi connectivity index (χ1) is 7.62. The molecule has 16 heavy (non-hydrogen) atoms. The minimum absolute atomic E-state index is 0.0254. The summed E-state index contributed by atoms with van der Waals surface area (Å²) < 4.78 is 5.48. The Kier molecular flexibility index (Phi) is 7.73. The third kappa shape index (κ3) is 4.27. The van der Waals surface area contributed by atoms with Gasteiger partial charge in [0.05, 0.1) is 6.61 Å². The van der Waals surface area contributed by atoms with Crippen molar-refractivity contribution in [1.29, 1.82) is 0 Å². The largest absolute Gasteiger partial charge is 0.491 e. The molecule has 3 heteroatoms. The van der Waals surface area contributed by atoms with E-state index in [9.17, 15) is 0 Å². The molecule has 1 unspecified atom stereocenters. The van der Waals surface area contributed by atoms with Gasteiger partial charge in [-0.25, -0.2) is 0 Å². The standard InChI is InChI=1S/C13H25NO2/c1-5-10(4)13(14)11(6-2)12(7-3)16-9-8-15/h7,10,15H,5-6,8-9,14H2,1-4H3/b12-7+,13-11+. The van der Waals surface area contributed by atoms with Gasteiger partial charge in [0.15, 0.2) is 0 Å². The van der Waals surface area contributed by atoms with E-state index in [0.717, 1.165) is 29.9 Å². The van der Waals surface area contributed by atoms with Gasteiger partial charge in [-0.05, 0) is 31.8 Å². The van der Waals surface area contributed by atoms with Gasteiger partial charge >= 0.3 is 0 Å². The van der Waals surface area contributed by atoms with Gasteiger partial charge < -0.3 is 15.6 Å². The SMILES string of the molecule is C/C=C(OCCO)\C(CC)=C(\N)C(C)CC. The summed E-state index contributed by atoms with van der Waals surface area (Å²) >= 11 is 0. The van der Waals surface area contributed by atoms with E-state index in [1.165, 1.54) is 0 Å². The van der Waals surface area contributed by atoms with Gasteiger partial charge in [0.2, 0.25) is 0 Å². The maximum absolute atomic E-state index is 8.76. The lowest BCUT2D eigenvalue weighted by atomic mass is 9.97. The molecule has 0 aromatic rings. The highest BCUT2D eigenvalue weighted by Crippen LogP contribution is 2.23. The summed E-state index contributed by atoms with van der Waals surface area (Å²) in [6.07, 6.45) is 3.78. The van der Waals surface area contributed by atoms with E-state index in [1.54, 1.807) is 0 Å². The van der Waals surface area contributed by atoms with Crippen LogP contribution >= 0.6 is 0 Å². The van der Waals surface area contributed by atoms with Crippen LogP contribution in [0.3, 0.4) is 0 Å². The monoisotopic (exact) mass is 227 g/mol. The van der Waals surface area contributed by atoms with Crippen molar-refractivity contribution in [2.24, 2.45) is 11.7 Å². The van der Waals surface area contributed by atoms with E-state index in [0.29, 0.717) is 12.5 Å². The number of ether oxygens (including phenoxy) is 1. The fraction of sp³-hybridized carbons (Fsp3) is 0.692. The fourth-order valence-corrected chi connectivity index (χ4v) is 1.54. The summed E-state index contributed by atoms with van der Waals surface area (Å²) in [5, 5.41) is 8.76. The lowest BCUT2D eigenvalue weighted by Gasteiger charge is -2.18. The molecule has 0 heterocycles. The lowest BCUT2D eigenvalue weighted by molar-refractivity contribution is 0.148. The smallest absolute Gasteiger partial charge is 0.120 e. The highest BCUT2D eigenvalue weighted by Gasteiger charge is 2.12. The molecule has 0 spiro atoms. The first-order valence-electron chi connectivity index (χ1n) is 6.01. The molecule has 0 saturated heterocycles. The van der Waals surface area contributed by atoms with Crippen LogP contribution in [0, 0.1) is 5.92 Å². The van der Waals surface area contributed by atoms with Crippen LogP contribution in [-0.4, -0.2) is 18.3 Å². The molecule has 0 bridgehead atoms. The molecule has 0 aromatic carbocycles. The van der Waals surface area contributed by atoms with Gasteiger partial charge in [0.1, 0.15) is 12.4 Å². The molecule has 3 nitrogen and oxygen atoms in total. The van der Waals surface area contributed by atoms with Crippen LogP contribution < -0.4 is 5.73 Å². The second kappa shape index (κ2) is 8.22. The average Bonchev–Trinajstić information content (AvgIpc) is 2.32. The van der Waals surface area contributed by atoms with Crippen LogP contribution in [0.1, 0.15) is 40.5 Å². The van der Waals surface area contributed by atoms with Crippen LogP contribution in [0.2, 0.25) is 0 Å². The van der Waals surface area contributed by atoms with E-state index in [4.69, 9.17) is 15.6 Å². The van der Waals surface area contributed by atoms with Gasteiger partial charge in [-0.15, -0.1) is 0 Å². The second-order valence-corrected chi connectivity index (χ2v) is 3.82. The zero-order valence-corrected chi connectivity index (χ0v) is 10.9. The van der Waals surface area contributed by atoms with E-state index >= 15 is 0 Å². The van der Waals surface area contributed by atoms with Crippen LogP contribution in [0.25, 0.3) is 0 Å². The van der Waals surface area contributed by atoms with Crippen molar-refractivity contribution in [3.05, 3.63) is 23.1 Å². The third-order valence-corrected chi connectivity index (χ3v) is 2.75. The Morgan fingerprint density at radius 3 is 2.44 bits per heavy atom. The quantitative estimate of drug-likeness (QED) is 0.519. The molecule has 0 rings (SSSR count). The summed E-state index contributed by atoms with van der Waals surface area (Å²) in [7, 11) is 0. The predicted molar refractivity (Wildman–Crippen MR) is 67.8 cm³/mol. The molecular formula is C13H25NO2. The third-order valence-electron chi connectivity index (χ3n) is 2.75. The Morgan fingerprint density at radius 1 is 1.44 bits per heavy atom. The molecule has 3 N–H and O–H groups in total. The molecule has 0 saturated carbocycles. The Morgan fingerprint density at radius 2 is 2.06 bits per heavy atom. The van der Waals surface area contributed by atoms with Gasteiger partial charge in [-0.1, -0.05) is 20.8 Å². The van der Waals surface area contributed by atoms with E-state index in [1.807, 2.05) is 13.0 Å². The number of hydrogen-bond donors (Lipinski definition) is 2. The second-order valence-electron chi connectivity index (χ2n) is 3.82. The molecule has 0 aliphatic carbocycles. The number of aliphatic hydroxyl groups is 1. The Bertz CT molecular complexity index is 257. The number of aliphatic hydroxyl groups excluding tert-OH is 1. The Balaban J connectivity index is 4.93. The van der Waals surface area contributed by atoms with Crippen molar-refractivity contribution >= 4 is 0 Å². The summed E-state index contributed by atoms with van der Waals surface area (Å²) in [5.41, 5.74) is 8.09. The van der Waals surface area contributed by atoms with Gasteiger partial charge in [0.25, 0.3) is 0 Å². The summed E-state index contributed by atoms with van der Waals surface area (Å²) in [4.78, 5) is 0. The number of nitrogens with two attached hydrogens (primary N) is 1. The van der Waals surface area contributed by atoms with Crippen molar-refractivity contribution in [2.45, 2.75) is 40.5 Å². The predicted octanol–water partition coefficient (Wildman–Crippen LogP) is 2.57. The van der Waals surface area contributed by atoms with Crippen molar-refractivity contribution < 1.29 is 9.84 Å². The van der Waals surface area contributed by atoms with Crippen LogP contribution in [0.4, 0.5) is 0 Å². The summed E-state index contributed by atoms with van der Waals surface area (Å²) in [6, 6.07) is 0. The normalized spacial score (nSPS) is 15.7.